The summed E-state index contributed by atoms with van der Waals surface area (Å²) in [5, 5.41) is 3.35. The van der Waals surface area contributed by atoms with E-state index in [0.717, 1.165) is 5.69 Å². The normalized spacial score (nSPS) is 15.1. The molecular formula is C12H20N2. The maximum absolute atomic E-state index is 4.32. The second-order valence-corrected chi connectivity index (χ2v) is 3.88. The molecule has 0 amide bonds. The van der Waals surface area contributed by atoms with Crippen LogP contribution in [-0.4, -0.2) is 12.0 Å². The molecule has 1 rings (SSSR count). The van der Waals surface area contributed by atoms with Crippen molar-refractivity contribution in [3.05, 3.63) is 29.6 Å². The van der Waals surface area contributed by atoms with Gasteiger partial charge < -0.3 is 5.32 Å². The highest BCUT2D eigenvalue weighted by molar-refractivity contribution is 5.17. The van der Waals surface area contributed by atoms with Crippen molar-refractivity contribution in [1.82, 2.24) is 10.3 Å². The number of nitrogens with one attached hydrogen (secondary N) is 1. The number of rotatable bonds is 4. The Morgan fingerprint density at radius 2 is 2.14 bits per heavy atom. The molecule has 2 nitrogen and oxygen atoms in total. The van der Waals surface area contributed by atoms with E-state index in [-0.39, 0.29) is 0 Å². The van der Waals surface area contributed by atoms with Crippen LogP contribution in [0.4, 0.5) is 0 Å². The van der Waals surface area contributed by atoms with Crippen LogP contribution < -0.4 is 5.32 Å². The Kier molecular flexibility index (Phi) is 4.08. The second-order valence-electron chi connectivity index (χ2n) is 3.88. The molecule has 1 heterocycles. The van der Waals surface area contributed by atoms with E-state index in [9.17, 15) is 0 Å². The highest BCUT2D eigenvalue weighted by Gasteiger charge is 2.15. The van der Waals surface area contributed by atoms with Gasteiger partial charge in [0, 0.05) is 17.9 Å². The molecule has 0 bridgehead atoms. The van der Waals surface area contributed by atoms with Gasteiger partial charge in [0.25, 0.3) is 0 Å². The fourth-order valence-electron chi connectivity index (χ4n) is 1.68. The van der Waals surface area contributed by atoms with Crippen molar-refractivity contribution in [2.24, 2.45) is 5.92 Å². The van der Waals surface area contributed by atoms with Gasteiger partial charge in [-0.3, -0.25) is 4.98 Å². The summed E-state index contributed by atoms with van der Waals surface area (Å²) in [5.74, 6) is 0.643. The number of aryl methyl sites for hydroxylation is 1. The number of hydrogen-bond donors (Lipinski definition) is 1. The van der Waals surface area contributed by atoms with E-state index in [0.29, 0.717) is 12.0 Å². The molecule has 0 saturated carbocycles. The largest absolute Gasteiger partial charge is 0.313 e. The minimum Gasteiger partial charge on any atom is -0.313 e. The SMILES string of the molecule is CCC(C)C(NC)c1ccc(C)nc1. The lowest BCUT2D eigenvalue weighted by Gasteiger charge is -2.22. The van der Waals surface area contributed by atoms with Crippen LogP contribution in [0.3, 0.4) is 0 Å². The van der Waals surface area contributed by atoms with E-state index in [1.54, 1.807) is 0 Å². The molecule has 0 radical (unpaired) electrons. The van der Waals surface area contributed by atoms with Crippen LogP contribution in [0.15, 0.2) is 18.3 Å². The third kappa shape index (κ3) is 2.55. The molecule has 1 N–H and O–H groups in total. The van der Waals surface area contributed by atoms with Crippen LogP contribution in [0.2, 0.25) is 0 Å². The van der Waals surface area contributed by atoms with Gasteiger partial charge in [-0.05, 0) is 31.5 Å². The van der Waals surface area contributed by atoms with Gasteiger partial charge in [0.2, 0.25) is 0 Å². The zero-order chi connectivity index (χ0) is 10.6. The molecule has 0 fully saturated rings. The molecular weight excluding hydrogens is 172 g/mol. The van der Waals surface area contributed by atoms with E-state index in [1.165, 1.54) is 12.0 Å². The average Bonchev–Trinajstić information content (AvgIpc) is 2.21. The predicted octanol–water partition coefficient (Wildman–Crippen LogP) is 2.70. The minimum atomic E-state index is 0.424. The highest BCUT2D eigenvalue weighted by Crippen LogP contribution is 2.23. The standard InChI is InChI=1S/C12H20N2/c1-5-9(2)12(13-4)11-7-6-10(3)14-8-11/h6-9,12-13H,5H2,1-4H3. The summed E-state index contributed by atoms with van der Waals surface area (Å²) in [6, 6.07) is 4.66. The fraction of sp³-hybridized carbons (Fsp3) is 0.583. The zero-order valence-electron chi connectivity index (χ0n) is 9.54. The molecule has 1 aromatic heterocycles. The van der Waals surface area contributed by atoms with Gasteiger partial charge in [0.05, 0.1) is 0 Å². The van der Waals surface area contributed by atoms with Gasteiger partial charge in [-0.15, -0.1) is 0 Å². The molecule has 2 atom stereocenters. The molecule has 78 valence electrons. The van der Waals surface area contributed by atoms with Gasteiger partial charge >= 0.3 is 0 Å². The third-order valence-corrected chi connectivity index (χ3v) is 2.82. The lowest BCUT2D eigenvalue weighted by Crippen LogP contribution is -2.23. The summed E-state index contributed by atoms with van der Waals surface area (Å²) >= 11 is 0. The van der Waals surface area contributed by atoms with Gasteiger partial charge in [-0.25, -0.2) is 0 Å². The first-order chi connectivity index (χ1) is 6.69. The minimum absolute atomic E-state index is 0.424. The maximum atomic E-state index is 4.32. The molecule has 14 heavy (non-hydrogen) atoms. The predicted molar refractivity (Wildman–Crippen MR) is 60.2 cm³/mol. The number of aromatic nitrogens is 1. The molecule has 2 heteroatoms. The Morgan fingerprint density at radius 3 is 2.57 bits per heavy atom. The number of hydrogen-bond acceptors (Lipinski definition) is 2. The van der Waals surface area contributed by atoms with E-state index in [1.807, 2.05) is 20.2 Å². The van der Waals surface area contributed by atoms with Crippen LogP contribution in [0.25, 0.3) is 0 Å². The Balaban J connectivity index is 2.84. The van der Waals surface area contributed by atoms with Crippen molar-refractivity contribution in [3.8, 4) is 0 Å². The van der Waals surface area contributed by atoms with Gasteiger partial charge in [0.1, 0.15) is 0 Å². The van der Waals surface area contributed by atoms with E-state index < -0.39 is 0 Å². The molecule has 0 aliphatic rings. The lowest BCUT2D eigenvalue weighted by atomic mass is 9.93. The summed E-state index contributed by atoms with van der Waals surface area (Å²) in [6.45, 7) is 6.50. The summed E-state index contributed by atoms with van der Waals surface area (Å²) in [6.07, 6.45) is 3.15. The van der Waals surface area contributed by atoms with Crippen LogP contribution in [0.5, 0.6) is 0 Å². The van der Waals surface area contributed by atoms with Gasteiger partial charge in [-0.1, -0.05) is 26.3 Å². The first kappa shape index (κ1) is 11.2. The van der Waals surface area contributed by atoms with Crippen molar-refractivity contribution < 1.29 is 0 Å². The monoisotopic (exact) mass is 192 g/mol. The van der Waals surface area contributed by atoms with Crippen molar-refractivity contribution in [2.75, 3.05) is 7.05 Å². The molecule has 0 aromatic carbocycles. The van der Waals surface area contributed by atoms with E-state index >= 15 is 0 Å². The lowest BCUT2D eigenvalue weighted by molar-refractivity contribution is 0.399. The fourth-order valence-corrected chi connectivity index (χ4v) is 1.68. The summed E-state index contributed by atoms with van der Waals surface area (Å²) in [4.78, 5) is 4.32. The smallest absolute Gasteiger partial charge is 0.0372 e. The quantitative estimate of drug-likeness (QED) is 0.793. The first-order valence-electron chi connectivity index (χ1n) is 5.28. The molecule has 0 saturated heterocycles. The van der Waals surface area contributed by atoms with Crippen LogP contribution in [0, 0.1) is 12.8 Å². The highest BCUT2D eigenvalue weighted by atomic mass is 14.9. The molecule has 0 aliphatic heterocycles. The average molecular weight is 192 g/mol. The molecule has 0 aliphatic carbocycles. The van der Waals surface area contributed by atoms with Crippen molar-refractivity contribution in [2.45, 2.75) is 33.2 Å². The molecule has 1 aromatic rings. The van der Waals surface area contributed by atoms with Crippen LogP contribution in [-0.2, 0) is 0 Å². The second kappa shape index (κ2) is 5.11. The van der Waals surface area contributed by atoms with Gasteiger partial charge in [-0.2, -0.15) is 0 Å². The van der Waals surface area contributed by atoms with Crippen molar-refractivity contribution in [3.63, 3.8) is 0 Å². The van der Waals surface area contributed by atoms with Crippen molar-refractivity contribution >= 4 is 0 Å². The number of nitrogens with zero attached hydrogens (tertiary/aromatic N) is 1. The van der Waals surface area contributed by atoms with Crippen molar-refractivity contribution in [1.29, 1.82) is 0 Å². The zero-order valence-corrected chi connectivity index (χ0v) is 9.54. The Morgan fingerprint density at radius 1 is 1.43 bits per heavy atom. The maximum Gasteiger partial charge on any atom is 0.0372 e. The Hall–Kier alpha value is -0.890. The number of pyridine rings is 1. The van der Waals surface area contributed by atoms with Crippen LogP contribution >= 0.6 is 0 Å². The Bertz CT molecular complexity index is 266. The molecule has 0 spiro atoms. The summed E-state index contributed by atoms with van der Waals surface area (Å²) in [7, 11) is 2.01. The Labute approximate surface area is 86.8 Å². The van der Waals surface area contributed by atoms with E-state index in [2.05, 4.69) is 36.3 Å². The van der Waals surface area contributed by atoms with E-state index in [4.69, 9.17) is 0 Å². The molecule has 2 unspecified atom stereocenters. The summed E-state index contributed by atoms with van der Waals surface area (Å²) < 4.78 is 0. The summed E-state index contributed by atoms with van der Waals surface area (Å²) in [5.41, 5.74) is 2.36. The first-order valence-corrected chi connectivity index (χ1v) is 5.28. The van der Waals surface area contributed by atoms with Gasteiger partial charge in [0.15, 0.2) is 0 Å². The topological polar surface area (TPSA) is 24.9 Å². The third-order valence-electron chi connectivity index (χ3n) is 2.82. The van der Waals surface area contributed by atoms with Crippen LogP contribution in [0.1, 0.15) is 37.6 Å².